The number of hydrogen-bond donors (Lipinski definition) is 3. The van der Waals surface area contributed by atoms with E-state index in [0.717, 1.165) is 59.5 Å². The maximum absolute atomic E-state index is 6.23. The molecule has 1 aromatic heterocycles. The van der Waals surface area contributed by atoms with Crippen LogP contribution in [-0.4, -0.2) is 54.3 Å². The van der Waals surface area contributed by atoms with E-state index in [9.17, 15) is 0 Å². The lowest BCUT2D eigenvalue weighted by atomic mass is 10.2. The number of likely N-dealkylation sites (tertiary alicyclic amines) is 1. The zero-order valence-corrected chi connectivity index (χ0v) is 21.6. The van der Waals surface area contributed by atoms with E-state index in [0.29, 0.717) is 18.3 Å². The first-order valence-electron chi connectivity index (χ1n) is 12.1. The molecule has 2 heterocycles. The first-order chi connectivity index (χ1) is 17.1. The van der Waals surface area contributed by atoms with Gasteiger partial charge in [-0.1, -0.05) is 19.1 Å². The number of hydrogen-bond acceptors (Lipinski definition) is 9. The molecule has 8 nitrogen and oxygen atoms in total. The van der Waals surface area contributed by atoms with Crippen molar-refractivity contribution in [3.63, 3.8) is 0 Å². The fraction of sp³-hybridized carbons (Fsp3) is 0.385. The molecule has 1 unspecified atom stereocenters. The van der Waals surface area contributed by atoms with Gasteiger partial charge in [-0.25, -0.2) is 4.98 Å². The highest BCUT2D eigenvalue weighted by atomic mass is 32.2. The van der Waals surface area contributed by atoms with Crippen LogP contribution in [0.3, 0.4) is 0 Å². The molecule has 1 aliphatic heterocycles. The molecule has 1 atom stereocenters. The largest absolute Gasteiger partial charge is 0.492 e. The number of para-hydroxylation sites is 1. The van der Waals surface area contributed by atoms with Gasteiger partial charge in [0.15, 0.2) is 0 Å². The molecule has 0 saturated carbocycles. The minimum atomic E-state index is 0.209. The third-order valence-corrected chi connectivity index (χ3v) is 6.58. The molecule has 2 aromatic carbocycles. The Bertz CT molecular complexity index is 1130. The second kappa shape index (κ2) is 12.1. The number of aryl methyl sites for hydroxylation is 1. The molecule has 186 valence electrons. The number of benzene rings is 2. The van der Waals surface area contributed by atoms with Crippen LogP contribution in [0.2, 0.25) is 0 Å². The number of anilines is 4. The van der Waals surface area contributed by atoms with Crippen LogP contribution in [0.5, 0.6) is 11.5 Å². The Morgan fingerprint density at radius 1 is 1.11 bits per heavy atom. The molecule has 35 heavy (non-hydrogen) atoms. The monoisotopic (exact) mass is 494 g/mol. The lowest BCUT2D eigenvalue weighted by Crippen LogP contribution is -2.24. The standard InChI is InChI=1S/C26H34N6O2S/c1-5-32-14-13-20(17-32)34-19-11-12-21(23(15-19)33-6-2)30-26-28-16-18(3)25(31-26)29-22-9-7-8-10-24(22)35-27-4/h7-12,15-16,20,27H,5-6,13-14,17H2,1-4H3,(H2,28,29,30,31). The molecule has 1 fully saturated rings. The van der Waals surface area contributed by atoms with Gasteiger partial charge >= 0.3 is 0 Å². The van der Waals surface area contributed by atoms with Gasteiger partial charge in [-0.3, -0.25) is 9.62 Å². The summed E-state index contributed by atoms with van der Waals surface area (Å²) in [5.41, 5.74) is 2.72. The molecule has 3 aromatic rings. The van der Waals surface area contributed by atoms with Crippen molar-refractivity contribution in [3.8, 4) is 11.5 Å². The van der Waals surface area contributed by atoms with Crippen LogP contribution in [0.4, 0.5) is 23.1 Å². The van der Waals surface area contributed by atoms with Crippen molar-refractivity contribution < 1.29 is 9.47 Å². The molecule has 3 N–H and O–H groups in total. The van der Waals surface area contributed by atoms with Gasteiger partial charge in [-0.2, -0.15) is 4.98 Å². The number of nitrogens with zero attached hydrogens (tertiary/aromatic N) is 3. The summed E-state index contributed by atoms with van der Waals surface area (Å²) in [6, 6.07) is 14.0. The zero-order chi connectivity index (χ0) is 24.6. The Morgan fingerprint density at radius 3 is 2.74 bits per heavy atom. The number of ether oxygens (including phenoxy) is 2. The summed E-state index contributed by atoms with van der Waals surface area (Å²) in [5, 5.41) is 6.76. The average molecular weight is 495 g/mol. The lowest BCUT2D eigenvalue weighted by molar-refractivity contribution is 0.201. The van der Waals surface area contributed by atoms with Crippen molar-refractivity contribution in [2.24, 2.45) is 0 Å². The van der Waals surface area contributed by atoms with Gasteiger partial charge in [0.1, 0.15) is 23.4 Å². The normalized spacial score (nSPS) is 15.7. The molecule has 0 aliphatic carbocycles. The van der Waals surface area contributed by atoms with E-state index in [1.165, 1.54) is 0 Å². The summed E-state index contributed by atoms with van der Waals surface area (Å²) in [7, 11) is 1.90. The van der Waals surface area contributed by atoms with E-state index in [4.69, 9.17) is 14.5 Å². The fourth-order valence-corrected chi connectivity index (χ4v) is 4.57. The molecule has 1 saturated heterocycles. The molecule has 0 radical (unpaired) electrons. The molecule has 0 amide bonds. The highest BCUT2D eigenvalue weighted by Gasteiger charge is 2.23. The van der Waals surface area contributed by atoms with Gasteiger partial charge in [0.2, 0.25) is 5.95 Å². The van der Waals surface area contributed by atoms with E-state index >= 15 is 0 Å². The summed E-state index contributed by atoms with van der Waals surface area (Å²) in [6.45, 7) is 9.79. The SMILES string of the molecule is CCOc1cc(OC2CCN(CC)C2)ccc1Nc1ncc(C)c(Nc2ccccc2SNC)n1. The van der Waals surface area contributed by atoms with Crippen LogP contribution in [0.25, 0.3) is 0 Å². The Labute approximate surface area is 212 Å². The van der Waals surface area contributed by atoms with Gasteiger partial charge < -0.3 is 20.1 Å². The van der Waals surface area contributed by atoms with Gasteiger partial charge in [-0.05, 0) is 70.1 Å². The highest BCUT2D eigenvalue weighted by molar-refractivity contribution is 7.97. The number of likely N-dealkylation sites (N-methyl/N-ethyl adjacent to an activating group) is 1. The second-order valence-corrected chi connectivity index (χ2v) is 9.34. The third-order valence-electron chi connectivity index (χ3n) is 5.80. The lowest BCUT2D eigenvalue weighted by Gasteiger charge is -2.18. The summed E-state index contributed by atoms with van der Waals surface area (Å²) < 4.78 is 15.3. The quantitative estimate of drug-likeness (QED) is 0.305. The summed E-state index contributed by atoms with van der Waals surface area (Å²) in [5.74, 6) is 2.75. The maximum atomic E-state index is 6.23. The predicted octanol–water partition coefficient (Wildman–Crippen LogP) is 5.37. The molecule has 4 rings (SSSR count). The van der Waals surface area contributed by atoms with Crippen LogP contribution in [0.1, 0.15) is 25.8 Å². The van der Waals surface area contributed by atoms with Crippen LogP contribution >= 0.6 is 11.9 Å². The zero-order valence-electron chi connectivity index (χ0n) is 20.8. The average Bonchev–Trinajstić information content (AvgIpc) is 3.32. The third kappa shape index (κ3) is 6.56. The molecular formula is C26H34N6O2S. The van der Waals surface area contributed by atoms with Crippen molar-refractivity contribution >= 4 is 35.1 Å². The smallest absolute Gasteiger partial charge is 0.229 e. The Morgan fingerprint density at radius 2 is 1.97 bits per heavy atom. The summed E-state index contributed by atoms with van der Waals surface area (Å²) in [4.78, 5) is 12.7. The Kier molecular flexibility index (Phi) is 8.68. The van der Waals surface area contributed by atoms with E-state index in [1.54, 1.807) is 11.9 Å². The van der Waals surface area contributed by atoms with E-state index in [1.807, 2.05) is 63.5 Å². The van der Waals surface area contributed by atoms with Crippen molar-refractivity contribution in [2.45, 2.75) is 38.2 Å². The number of nitrogens with one attached hydrogen (secondary N) is 3. The molecule has 1 aliphatic rings. The Balaban J connectivity index is 1.51. The molecule has 0 spiro atoms. The topological polar surface area (TPSA) is 83.6 Å². The molecular weight excluding hydrogens is 460 g/mol. The highest BCUT2D eigenvalue weighted by Crippen LogP contribution is 2.33. The van der Waals surface area contributed by atoms with Gasteiger partial charge in [0, 0.05) is 35.8 Å². The van der Waals surface area contributed by atoms with Crippen molar-refractivity contribution in [1.29, 1.82) is 0 Å². The summed E-state index contributed by atoms with van der Waals surface area (Å²) >= 11 is 1.55. The second-order valence-electron chi connectivity index (χ2n) is 8.29. The first-order valence-corrected chi connectivity index (χ1v) is 12.9. The van der Waals surface area contributed by atoms with Crippen LogP contribution in [-0.2, 0) is 0 Å². The van der Waals surface area contributed by atoms with Gasteiger partial charge in [0.25, 0.3) is 0 Å². The maximum Gasteiger partial charge on any atom is 0.229 e. The number of aromatic nitrogens is 2. The van der Waals surface area contributed by atoms with Gasteiger partial charge in [0.05, 0.1) is 18.0 Å². The summed E-state index contributed by atoms with van der Waals surface area (Å²) in [6.07, 6.45) is 3.06. The van der Waals surface area contributed by atoms with E-state index in [2.05, 4.69) is 38.2 Å². The van der Waals surface area contributed by atoms with Crippen molar-refractivity contribution in [3.05, 3.63) is 54.2 Å². The van der Waals surface area contributed by atoms with Crippen LogP contribution < -0.4 is 24.8 Å². The van der Waals surface area contributed by atoms with Gasteiger partial charge in [-0.15, -0.1) is 0 Å². The Hall–Kier alpha value is -3.01. The fourth-order valence-electron chi connectivity index (χ4n) is 3.97. The minimum Gasteiger partial charge on any atom is -0.492 e. The molecule has 0 bridgehead atoms. The van der Waals surface area contributed by atoms with Crippen LogP contribution in [0, 0.1) is 6.92 Å². The molecule has 9 heteroatoms. The van der Waals surface area contributed by atoms with E-state index < -0.39 is 0 Å². The van der Waals surface area contributed by atoms with Crippen molar-refractivity contribution in [2.75, 3.05) is 43.9 Å². The predicted molar refractivity (Wildman–Crippen MR) is 143 cm³/mol. The number of rotatable bonds is 11. The minimum absolute atomic E-state index is 0.209. The van der Waals surface area contributed by atoms with Crippen LogP contribution in [0.15, 0.2) is 53.6 Å². The van der Waals surface area contributed by atoms with E-state index in [-0.39, 0.29) is 6.10 Å². The van der Waals surface area contributed by atoms with Crippen molar-refractivity contribution in [1.82, 2.24) is 19.6 Å². The first kappa shape index (κ1) is 25.1.